The number of rotatable bonds is 10. The Morgan fingerprint density at radius 3 is 2.75 bits per heavy atom. The third-order valence-corrected chi connectivity index (χ3v) is 5.77. The van der Waals surface area contributed by atoms with Gasteiger partial charge < -0.3 is 29.7 Å². The predicted octanol–water partition coefficient (Wildman–Crippen LogP) is 3.94. The van der Waals surface area contributed by atoms with Crippen LogP contribution in [0.25, 0.3) is 5.57 Å². The molecule has 8 nitrogen and oxygen atoms in total. The third-order valence-electron chi connectivity index (χ3n) is 5.77. The van der Waals surface area contributed by atoms with E-state index < -0.39 is 0 Å². The maximum atomic E-state index is 6.06. The summed E-state index contributed by atoms with van der Waals surface area (Å²) in [6.45, 7) is 5.48. The van der Waals surface area contributed by atoms with Crippen molar-refractivity contribution in [2.75, 3.05) is 64.2 Å². The van der Waals surface area contributed by atoms with E-state index in [0.717, 1.165) is 48.1 Å². The minimum atomic E-state index is 0.532. The molecule has 2 N–H and O–H groups in total. The summed E-state index contributed by atoms with van der Waals surface area (Å²) in [5.74, 6) is 2.73. The van der Waals surface area contributed by atoms with Crippen LogP contribution in [0.4, 0.5) is 17.5 Å². The van der Waals surface area contributed by atoms with Crippen LogP contribution in [-0.4, -0.2) is 68.5 Å². The average molecular weight is 440 g/mol. The molecule has 3 heterocycles. The Hall–Kier alpha value is -2.84. The van der Waals surface area contributed by atoms with Gasteiger partial charge >= 0.3 is 0 Å². The van der Waals surface area contributed by atoms with Crippen molar-refractivity contribution in [3.05, 3.63) is 36.0 Å². The fraction of sp³-hybridized carbons (Fsp3) is 0.500. The third kappa shape index (κ3) is 5.89. The van der Waals surface area contributed by atoms with Gasteiger partial charge in [-0.05, 0) is 56.5 Å². The number of anilines is 3. The normalized spacial score (nSPS) is 16.5. The number of methoxy groups -OCH3 is 1. The first-order valence-corrected chi connectivity index (χ1v) is 11.4. The molecule has 0 unspecified atom stereocenters. The van der Waals surface area contributed by atoms with Crippen LogP contribution >= 0.6 is 0 Å². The molecule has 8 heteroatoms. The van der Waals surface area contributed by atoms with E-state index in [1.165, 1.54) is 31.5 Å². The lowest BCUT2D eigenvalue weighted by molar-refractivity contribution is 0.161. The Labute approximate surface area is 190 Å². The highest BCUT2D eigenvalue weighted by atomic mass is 16.5. The van der Waals surface area contributed by atoms with E-state index in [0.29, 0.717) is 25.8 Å². The molecule has 0 atom stereocenters. The van der Waals surface area contributed by atoms with E-state index in [1.54, 1.807) is 7.11 Å². The van der Waals surface area contributed by atoms with Crippen LogP contribution in [0.1, 0.15) is 31.4 Å². The smallest absolute Gasteiger partial charge is 0.229 e. The molecule has 0 amide bonds. The van der Waals surface area contributed by atoms with Gasteiger partial charge in [-0.1, -0.05) is 6.08 Å². The summed E-state index contributed by atoms with van der Waals surface area (Å²) in [7, 11) is 3.52. The number of aromatic nitrogens is 2. The molecule has 4 rings (SSSR count). The highest BCUT2D eigenvalue weighted by Crippen LogP contribution is 2.32. The largest absolute Gasteiger partial charge is 0.493 e. The first-order valence-electron chi connectivity index (χ1n) is 11.4. The molecular weight excluding hydrogens is 406 g/mol. The molecule has 1 saturated heterocycles. The van der Waals surface area contributed by atoms with Crippen molar-refractivity contribution in [1.82, 2.24) is 14.9 Å². The van der Waals surface area contributed by atoms with Gasteiger partial charge in [0.05, 0.1) is 32.6 Å². The van der Waals surface area contributed by atoms with Crippen molar-refractivity contribution in [2.45, 2.75) is 25.7 Å². The lowest BCUT2D eigenvalue weighted by Crippen LogP contribution is -2.21. The molecule has 1 fully saturated rings. The summed E-state index contributed by atoms with van der Waals surface area (Å²) in [5.41, 5.74) is 2.93. The van der Waals surface area contributed by atoms with E-state index in [-0.39, 0.29) is 0 Å². The molecule has 2 aliphatic heterocycles. The quantitative estimate of drug-likeness (QED) is 0.539. The minimum Gasteiger partial charge on any atom is -0.493 e. The van der Waals surface area contributed by atoms with Crippen LogP contribution in [0.2, 0.25) is 0 Å². The summed E-state index contributed by atoms with van der Waals surface area (Å²) in [5, 5.41) is 6.44. The van der Waals surface area contributed by atoms with Gasteiger partial charge in [0.15, 0.2) is 11.5 Å². The van der Waals surface area contributed by atoms with Gasteiger partial charge in [-0.15, -0.1) is 0 Å². The molecule has 0 saturated carbocycles. The molecular formula is C24H33N5O3. The maximum Gasteiger partial charge on any atom is 0.229 e. The van der Waals surface area contributed by atoms with Gasteiger partial charge in [-0.3, -0.25) is 0 Å². The number of likely N-dealkylation sites (tertiary alicyclic amines) is 1. The minimum absolute atomic E-state index is 0.532. The average Bonchev–Trinajstić information content (AvgIpc) is 3.36. The van der Waals surface area contributed by atoms with Crippen molar-refractivity contribution in [2.24, 2.45) is 0 Å². The molecule has 172 valence electrons. The summed E-state index contributed by atoms with van der Waals surface area (Å²) >= 11 is 0. The number of hydrogen-bond acceptors (Lipinski definition) is 8. The van der Waals surface area contributed by atoms with Crippen LogP contribution in [0.15, 0.2) is 30.3 Å². The van der Waals surface area contributed by atoms with Gasteiger partial charge in [-0.25, -0.2) is 4.98 Å². The molecule has 2 aliphatic rings. The number of hydrogen-bond donors (Lipinski definition) is 2. The molecule has 0 bridgehead atoms. The van der Waals surface area contributed by atoms with Crippen molar-refractivity contribution in [1.29, 1.82) is 0 Å². The van der Waals surface area contributed by atoms with Crippen LogP contribution in [0.5, 0.6) is 11.5 Å². The van der Waals surface area contributed by atoms with Crippen LogP contribution in [-0.2, 0) is 4.74 Å². The Balaban J connectivity index is 1.45. The number of nitrogens with one attached hydrogen (secondary N) is 2. The summed E-state index contributed by atoms with van der Waals surface area (Å²) < 4.78 is 17.0. The second-order valence-electron chi connectivity index (χ2n) is 8.01. The first kappa shape index (κ1) is 22.4. The van der Waals surface area contributed by atoms with Crippen molar-refractivity contribution < 1.29 is 14.2 Å². The van der Waals surface area contributed by atoms with Gasteiger partial charge in [0.1, 0.15) is 5.82 Å². The van der Waals surface area contributed by atoms with Crippen LogP contribution < -0.4 is 20.1 Å². The summed E-state index contributed by atoms with van der Waals surface area (Å²) in [4.78, 5) is 11.8. The standard InChI is InChI=1S/C24H33N5O3/c1-25-23-17-20(18-8-14-31-15-9-18)27-24(28-23)26-19-6-7-21(30-2)22(16-19)32-13-5-12-29-10-3-4-11-29/h6-8,16-17H,3-5,9-15H2,1-2H3,(H2,25,26,27,28). The Morgan fingerprint density at radius 1 is 1.12 bits per heavy atom. The fourth-order valence-corrected chi connectivity index (χ4v) is 4.03. The SMILES string of the molecule is CNc1cc(C2=CCOCC2)nc(Nc2ccc(OC)c(OCCCN3CCCC3)c2)n1. The van der Waals surface area contributed by atoms with Crippen molar-refractivity contribution in [3.8, 4) is 11.5 Å². The molecule has 1 aromatic heterocycles. The lowest BCUT2D eigenvalue weighted by Gasteiger charge is -2.17. The first-order chi connectivity index (χ1) is 15.7. The van der Waals surface area contributed by atoms with E-state index in [2.05, 4.69) is 26.6 Å². The zero-order valence-electron chi connectivity index (χ0n) is 19.0. The fourth-order valence-electron chi connectivity index (χ4n) is 4.03. The molecule has 0 radical (unpaired) electrons. The number of benzene rings is 1. The van der Waals surface area contributed by atoms with E-state index in [1.807, 2.05) is 31.3 Å². The number of nitrogens with zero attached hydrogens (tertiary/aromatic N) is 3. The monoisotopic (exact) mass is 439 g/mol. The second kappa shape index (κ2) is 11.2. The van der Waals surface area contributed by atoms with Gasteiger partial charge in [0, 0.05) is 31.4 Å². The topological polar surface area (TPSA) is 80.8 Å². The second-order valence-corrected chi connectivity index (χ2v) is 8.01. The van der Waals surface area contributed by atoms with E-state index in [4.69, 9.17) is 19.2 Å². The zero-order chi connectivity index (χ0) is 22.2. The molecule has 0 spiro atoms. The molecule has 0 aliphatic carbocycles. The molecule has 1 aromatic carbocycles. The van der Waals surface area contributed by atoms with Crippen LogP contribution in [0.3, 0.4) is 0 Å². The summed E-state index contributed by atoms with van der Waals surface area (Å²) in [6, 6.07) is 7.75. The predicted molar refractivity (Wildman–Crippen MR) is 127 cm³/mol. The summed E-state index contributed by atoms with van der Waals surface area (Å²) in [6.07, 6.45) is 6.54. The van der Waals surface area contributed by atoms with E-state index >= 15 is 0 Å². The van der Waals surface area contributed by atoms with E-state index in [9.17, 15) is 0 Å². The maximum absolute atomic E-state index is 6.06. The molecule has 32 heavy (non-hydrogen) atoms. The van der Waals surface area contributed by atoms with Gasteiger partial charge in [-0.2, -0.15) is 4.98 Å². The molecule has 2 aromatic rings. The Morgan fingerprint density at radius 2 is 2.00 bits per heavy atom. The van der Waals surface area contributed by atoms with Gasteiger partial charge in [0.2, 0.25) is 5.95 Å². The lowest BCUT2D eigenvalue weighted by atomic mass is 10.1. The Kier molecular flexibility index (Phi) is 7.79. The van der Waals surface area contributed by atoms with Crippen molar-refractivity contribution in [3.63, 3.8) is 0 Å². The number of ether oxygens (including phenoxy) is 3. The zero-order valence-corrected chi connectivity index (χ0v) is 19.0. The highest BCUT2D eigenvalue weighted by Gasteiger charge is 2.14. The highest BCUT2D eigenvalue weighted by molar-refractivity contribution is 5.68. The Bertz CT molecular complexity index is 928. The van der Waals surface area contributed by atoms with Crippen LogP contribution in [0, 0.1) is 0 Å². The van der Waals surface area contributed by atoms with Gasteiger partial charge in [0.25, 0.3) is 0 Å². The van der Waals surface area contributed by atoms with Crippen molar-refractivity contribution >= 4 is 23.0 Å².